The van der Waals surface area contributed by atoms with Crippen LogP contribution in [-0.2, 0) is 4.79 Å². The molecule has 2 aromatic carbocycles. The minimum atomic E-state index is -0.388. The zero-order valence-electron chi connectivity index (χ0n) is 11.2. The highest BCUT2D eigenvalue weighted by Crippen LogP contribution is 2.36. The number of imide groups is 1. The molecule has 1 heterocycles. The van der Waals surface area contributed by atoms with Crippen molar-refractivity contribution in [1.82, 2.24) is 0 Å². The number of phenols is 1. The Hall–Kier alpha value is -2.05. The smallest absolute Gasteiger partial charge is 0.298 e. The lowest BCUT2D eigenvalue weighted by Gasteiger charge is -2.12. The van der Waals surface area contributed by atoms with Gasteiger partial charge >= 0.3 is 0 Å². The Morgan fingerprint density at radius 1 is 1.09 bits per heavy atom. The van der Waals surface area contributed by atoms with Gasteiger partial charge in [-0.25, -0.2) is 4.90 Å². The summed E-state index contributed by atoms with van der Waals surface area (Å²) in [7, 11) is 0. The van der Waals surface area contributed by atoms with Crippen LogP contribution in [0.3, 0.4) is 0 Å². The predicted molar refractivity (Wildman–Crippen MR) is 90.7 cm³/mol. The van der Waals surface area contributed by atoms with Crippen LogP contribution in [0, 0.1) is 0 Å². The number of thioether (sulfide) groups is 1. The van der Waals surface area contributed by atoms with Crippen LogP contribution in [0.4, 0.5) is 10.5 Å². The quantitative estimate of drug-likeness (QED) is 0.790. The molecule has 4 nitrogen and oxygen atoms in total. The van der Waals surface area contributed by atoms with Crippen LogP contribution in [0.25, 0.3) is 6.08 Å². The summed E-state index contributed by atoms with van der Waals surface area (Å²) < 4.78 is 0.897. The molecular formula is C16H10BrNO3S. The van der Waals surface area contributed by atoms with Gasteiger partial charge in [-0.3, -0.25) is 9.59 Å². The van der Waals surface area contributed by atoms with Crippen LogP contribution < -0.4 is 4.90 Å². The first-order valence-corrected chi connectivity index (χ1v) is 7.98. The summed E-state index contributed by atoms with van der Waals surface area (Å²) in [5.74, 6) is -0.381. The largest absolute Gasteiger partial charge is 0.508 e. The molecule has 1 aliphatic heterocycles. The molecule has 0 atom stereocenters. The molecule has 0 radical (unpaired) electrons. The van der Waals surface area contributed by atoms with Crippen LogP contribution in [0.1, 0.15) is 5.56 Å². The Balaban J connectivity index is 1.95. The van der Waals surface area contributed by atoms with E-state index in [9.17, 15) is 14.7 Å². The van der Waals surface area contributed by atoms with Gasteiger partial charge in [0.05, 0.1) is 10.6 Å². The molecule has 6 heteroatoms. The molecule has 1 N–H and O–H groups in total. The number of halogens is 1. The standard InChI is InChI=1S/C16H10BrNO3S/c17-11-4-1-3-10(7-11)8-14-15(20)18(16(21)22-14)12-5-2-6-13(19)9-12/h1-9,19H. The lowest BCUT2D eigenvalue weighted by Crippen LogP contribution is -2.27. The number of hydrogen-bond donors (Lipinski definition) is 1. The van der Waals surface area contributed by atoms with Crippen molar-refractivity contribution < 1.29 is 14.7 Å². The lowest BCUT2D eigenvalue weighted by molar-refractivity contribution is -0.113. The summed E-state index contributed by atoms with van der Waals surface area (Å²) >= 11 is 4.25. The molecule has 0 bridgehead atoms. The van der Waals surface area contributed by atoms with Crippen LogP contribution >= 0.6 is 27.7 Å². The fourth-order valence-corrected chi connectivity index (χ4v) is 3.33. The van der Waals surface area contributed by atoms with E-state index in [0.717, 1.165) is 26.7 Å². The summed E-state index contributed by atoms with van der Waals surface area (Å²) in [4.78, 5) is 26.0. The van der Waals surface area contributed by atoms with Crippen molar-refractivity contribution >= 4 is 50.6 Å². The van der Waals surface area contributed by atoms with E-state index < -0.39 is 0 Å². The first-order chi connectivity index (χ1) is 10.5. The predicted octanol–water partition coefficient (Wildman–Crippen LogP) is 4.40. The molecule has 0 aromatic heterocycles. The molecule has 1 aliphatic rings. The van der Waals surface area contributed by atoms with Gasteiger partial charge in [-0.15, -0.1) is 0 Å². The SMILES string of the molecule is O=C1SC(=Cc2cccc(Br)c2)C(=O)N1c1cccc(O)c1. The van der Waals surface area contributed by atoms with Crippen molar-refractivity contribution in [2.45, 2.75) is 0 Å². The molecule has 2 aromatic rings. The zero-order chi connectivity index (χ0) is 15.7. The molecule has 3 rings (SSSR count). The fourth-order valence-electron chi connectivity index (χ4n) is 2.07. The molecule has 1 saturated heterocycles. The number of benzene rings is 2. The Morgan fingerprint density at radius 3 is 2.59 bits per heavy atom. The topological polar surface area (TPSA) is 57.6 Å². The zero-order valence-corrected chi connectivity index (χ0v) is 13.6. The van der Waals surface area contributed by atoms with Gasteiger partial charge in [0.2, 0.25) is 0 Å². The van der Waals surface area contributed by atoms with Crippen molar-refractivity contribution in [1.29, 1.82) is 0 Å². The van der Waals surface area contributed by atoms with E-state index in [-0.39, 0.29) is 16.9 Å². The summed E-state index contributed by atoms with van der Waals surface area (Å²) in [5, 5.41) is 9.12. The highest BCUT2D eigenvalue weighted by molar-refractivity contribution is 9.10. The number of amides is 2. The highest BCUT2D eigenvalue weighted by Gasteiger charge is 2.36. The van der Waals surface area contributed by atoms with Gasteiger partial charge in [-0.05, 0) is 47.7 Å². The van der Waals surface area contributed by atoms with Crippen molar-refractivity contribution in [2.24, 2.45) is 0 Å². The third-order valence-electron chi connectivity index (χ3n) is 3.03. The number of carbonyl (C=O) groups excluding carboxylic acids is 2. The number of phenolic OH excluding ortho intramolecular Hbond substituents is 1. The third kappa shape index (κ3) is 2.93. The molecule has 0 unspecified atom stereocenters. The number of rotatable bonds is 2. The monoisotopic (exact) mass is 375 g/mol. The molecule has 0 aliphatic carbocycles. The minimum absolute atomic E-state index is 0.00696. The number of carbonyl (C=O) groups is 2. The summed E-state index contributed by atoms with van der Waals surface area (Å²) in [6.07, 6.45) is 1.68. The van der Waals surface area contributed by atoms with Crippen LogP contribution in [0.5, 0.6) is 5.75 Å². The van der Waals surface area contributed by atoms with Gasteiger partial charge in [0.1, 0.15) is 5.75 Å². The molecule has 1 fully saturated rings. The van der Waals surface area contributed by atoms with Crippen LogP contribution in [0.2, 0.25) is 0 Å². The van der Waals surface area contributed by atoms with E-state index >= 15 is 0 Å². The fraction of sp³-hybridized carbons (Fsp3) is 0. The summed E-state index contributed by atoms with van der Waals surface area (Å²) in [5.41, 5.74) is 1.19. The van der Waals surface area contributed by atoms with E-state index in [0.29, 0.717) is 10.6 Å². The number of nitrogens with zero attached hydrogens (tertiary/aromatic N) is 1. The second-order valence-corrected chi connectivity index (χ2v) is 6.50. The van der Waals surface area contributed by atoms with Crippen molar-refractivity contribution in [3.63, 3.8) is 0 Å². The van der Waals surface area contributed by atoms with Gasteiger partial charge in [-0.2, -0.15) is 0 Å². The third-order valence-corrected chi connectivity index (χ3v) is 4.39. The minimum Gasteiger partial charge on any atom is -0.508 e. The van der Waals surface area contributed by atoms with Gasteiger partial charge in [0, 0.05) is 10.5 Å². The number of aromatic hydroxyl groups is 1. The van der Waals surface area contributed by atoms with E-state index in [4.69, 9.17) is 0 Å². The molecule has 110 valence electrons. The maximum atomic E-state index is 12.4. The second-order valence-electron chi connectivity index (χ2n) is 4.59. The molecular weight excluding hydrogens is 366 g/mol. The van der Waals surface area contributed by atoms with E-state index in [1.165, 1.54) is 12.1 Å². The van der Waals surface area contributed by atoms with Crippen LogP contribution in [-0.4, -0.2) is 16.3 Å². The Morgan fingerprint density at radius 2 is 1.86 bits per heavy atom. The Kier molecular flexibility index (Phi) is 4.04. The maximum Gasteiger partial charge on any atom is 0.298 e. The number of anilines is 1. The maximum absolute atomic E-state index is 12.4. The van der Waals surface area contributed by atoms with Gasteiger partial charge in [0.25, 0.3) is 11.1 Å². The molecule has 2 amide bonds. The van der Waals surface area contributed by atoms with Crippen molar-refractivity contribution in [3.05, 3.63) is 63.5 Å². The van der Waals surface area contributed by atoms with Crippen LogP contribution in [0.15, 0.2) is 57.9 Å². The molecule has 0 spiro atoms. The first-order valence-electron chi connectivity index (χ1n) is 6.37. The Bertz CT molecular complexity index is 803. The average Bonchev–Trinajstić information content (AvgIpc) is 2.73. The van der Waals surface area contributed by atoms with Gasteiger partial charge in [-0.1, -0.05) is 34.1 Å². The average molecular weight is 376 g/mol. The lowest BCUT2D eigenvalue weighted by atomic mass is 10.2. The van der Waals surface area contributed by atoms with E-state index in [2.05, 4.69) is 15.9 Å². The first kappa shape index (κ1) is 14.9. The van der Waals surface area contributed by atoms with E-state index in [1.807, 2.05) is 24.3 Å². The molecule has 0 saturated carbocycles. The van der Waals surface area contributed by atoms with Crippen molar-refractivity contribution in [2.75, 3.05) is 4.90 Å². The summed E-state index contributed by atoms with van der Waals surface area (Å²) in [6, 6.07) is 13.5. The van der Waals surface area contributed by atoms with Gasteiger partial charge < -0.3 is 5.11 Å². The Labute approximate surface area is 139 Å². The van der Waals surface area contributed by atoms with Gasteiger partial charge in [0.15, 0.2) is 0 Å². The van der Waals surface area contributed by atoms with Crippen molar-refractivity contribution in [3.8, 4) is 5.75 Å². The molecule has 22 heavy (non-hydrogen) atoms. The van der Waals surface area contributed by atoms with E-state index in [1.54, 1.807) is 18.2 Å². The highest BCUT2D eigenvalue weighted by atomic mass is 79.9. The summed E-state index contributed by atoms with van der Waals surface area (Å²) in [6.45, 7) is 0. The number of hydrogen-bond acceptors (Lipinski definition) is 4. The second kappa shape index (κ2) is 5.98. The normalized spacial score (nSPS) is 16.6.